The summed E-state index contributed by atoms with van der Waals surface area (Å²) in [5.41, 5.74) is 4.39. The largest absolute Gasteiger partial charge is 0.481 e. The van der Waals surface area contributed by atoms with Gasteiger partial charge in [0.05, 0.1) is 11.9 Å². The van der Waals surface area contributed by atoms with Crippen molar-refractivity contribution in [1.82, 2.24) is 9.88 Å². The predicted molar refractivity (Wildman–Crippen MR) is 127 cm³/mol. The van der Waals surface area contributed by atoms with Crippen molar-refractivity contribution in [3.05, 3.63) is 53.3 Å². The quantitative estimate of drug-likeness (QED) is 0.594. The lowest BCUT2D eigenvalue weighted by molar-refractivity contribution is -0.138. The van der Waals surface area contributed by atoms with Crippen molar-refractivity contribution in [2.24, 2.45) is 5.92 Å². The van der Waals surface area contributed by atoms with Crippen molar-refractivity contribution in [2.75, 3.05) is 17.2 Å². The summed E-state index contributed by atoms with van der Waals surface area (Å²) >= 11 is 0. The molecule has 1 fully saturated rings. The second-order valence-corrected chi connectivity index (χ2v) is 9.11. The van der Waals surface area contributed by atoms with Crippen LogP contribution in [0.5, 0.6) is 0 Å². The number of carboxylic acids is 1. The molecule has 0 atom stereocenters. The molecule has 0 bridgehead atoms. The number of ether oxygens (including phenoxy) is 1. The summed E-state index contributed by atoms with van der Waals surface area (Å²) in [4.78, 5) is 41.6. The Kier molecular flexibility index (Phi) is 7.30. The Morgan fingerprint density at radius 1 is 1.06 bits per heavy atom. The molecule has 0 spiro atoms. The van der Waals surface area contributed by atoms with E-state index in [9.17, 15) is 14.4 Å². The van der Waals surface area contributed by atoms with Crippen LogP contribution in [0.2, 0.25) is 0 Å². The smallest absolute Gasteiger partial charge is 0.410 e. The van der Waals surface area contributed by atoms with Gasteiger partial charge in [-0.05, 0) is 79.8 Å². The summed E-state index contributed by atoms with van der Waals surface area (Å²) in [6, 6.07) is 7.19. The van der Waals surface area contributed by atoms with Gasteiger partial charge in [0.1, 0.15) is 6.10 Å². The molecule has 9 nitrogen and oxygen atoms in total. The number of urea groups is 1. The summed E-state index contributed by atoms with van der Waals surface area (Å²) in [5.74, 6) is -0.595. The predicted octanol–water partition coefficient (Wildman–Crippen LogP) is 4.56. The molecule has 1 saturated carbocycles. The lowest BCUT2D eigenvalue weighted by Crippen LogP contribution is -2.39. The average molecular weight is 467 g/mol. The van der Waals surface area contributed by atoms with Gasteiger partial charge in [-0.2, -0.15) is 0 Å². The van der Waals surface area contributed by atoms with E-state index >= 15 is 0 Å². The van der Waals surface area contributed by atoms with Crippen LogP contribution in [0.4, 0.5) is 21.0 Å². The van der Waals surface area contributed by atoms with Crippen molar-refractivity contribution < 1.29 is 24.2 Å². The SMILES string of the molecule is Cc1cncc(NC(=O)Nc2ccc3c(c2)CCN(C(=O)O[C@H]2CC[C@H](CC(=O)O)CC2)C3)c1. The lowest BCUT2D eigenvalue weighted by atomic mass is 9.85. The summed E-state index contributed by atoms with van der Waals surface area (Å²) in [6.45, 7) is 2.92. The molecule has 4 rings (SSSR count). The number of benzene rings is 1. The van der Waals surface area contributed by atoms with Crippen LogP contribution in [0.15, 0.2) is 36.7 Å². The van der Waals surface area contributed by atoms with Gasteiger partial charge in [0, 0.05) is 31.4 Å². The fourth-order valence-electron chi connectivity index (χ4n) is 4.62. The Labute approximate surface area is 198 Å². The molecule has 2 heterocycles. The van der Waals surface area contributed by atoms with Crippen molar-refractivity contribution in [1.29, 1.82) is 0 Å². The number of aliphatic carboxylic acids is 1. The molecule has 34 heavy (non-hydrogen) atoms. The molecular formula is C25H30N4O5. The van der Waals surface area contributed by atoms with E-state index in [-0.39, 0.29) is 30.6 Å². The van der Waals surface area contributed by atoms with Crippen LogP contribution in [0.3, 0.4) is 0 Å². The van der Waals surface area contributed by atoms with Crippen LogP contribution in [-0.4, -0.2) is 45.7 Å². The van der Waals surface area contributed by atoms with Gasteiger partial charge in [0.25, 0.3) is 0 Å². The number of carbonyl (C=O) groups is 3. The summed E-state index contributed by atoms with van der Waals surface area (Å²) < 4.78 is 5.71. The minimum atomic E-state index is -0.769. The number of fused-ring (bicyclic) bond motifs is 1. The molecule has 2 aromatic rings. The molecule has 9 heteroatoms. The first-order valence-electron chi connectivity index (χ1n) is 11.6. The number of pyridine rings is 1. The second-order valence-electron chi connectivity index (χ2n) is 9.11. The Hall–Kier alpha value is -3.62. The van der Waals surface area contributed by atoms with E-state index in [1.54, 1.807) is 17.3 Å². The highest BCUT2D eigenvalue weighted by molar-refractivity contribution is 5.99. The summed E-state index contributed by atoms with van der Waals surface area (Å²) in [5, 5.41) is 14.6. The topological polar surface area (TPSA) is 121 Å². The number of amides is 3. The number of carbonyl (C=O) groups excluding carboxylic acids is 2. The second kappa shape index (κ2) is 10.5. The van der Waals surface area contributed by atoms with Crippen molar-refractivity contribution in [2.45, 2.75) is 58.1 Å². The van der Waals surface area contributed by atoms with Crippen LogP contribution in [0.25, 0.3) is 0 Å². The van der Waals surface area contributed by atoms with E-state index < -0.39 is 5.97 Å². The molecule has 0 radical (unpaired) electrons. The fourth-order valence-corrected chi connectivity index (χ4v) is 4.62. The molecule has 1 aliphatic carbocycles. The van der Waals surface area contributed by atoms with Crippen LogP contribution in [-0.2, 0) is 22.5 Å². The number of nitrogens with one attached hydrogen (secondary N) is 2. The highest BCUT2D eigenvalue weighted by Crippen LogP contribution is 2.30. The minimum absolute atomic E-state index is 0.146. The first-order chi connectivity index (χ1) is 16.4. The van der Waals surface area contributed by atoms with Gasteiger partial charge in [0.2, 0.25) is 0 Å². The van der Waals surface area contributed by atoms with E-state index in [1.165, 1.54) is 0 Å². The molecule has 3 N–H and O–H groups in total. The number of aryl methyl sites for hydroxylation is 1. The van der Waals surface area contributed by atoms with Gasteiger partial charge >= 0.3 is 18.1 Å². The van der Waals surface area contributed by atoms with E-state index in [0.717, 1.165) is 29.5 Å². The van der Waals surface area contributed by atoms with Gasteiger partial charge in [-0.1, -0.05) is 6.07 Å². The van der Waals surface area contributed by atoms with Crippen molar-refractivity contribution in [3.63, 3.8) is 0 Å². The van der Waals surface area contributed by atoms with Crippen LogP contribution >= 0.6 is 0 Å². The normalized spacial score (nSPS) is 19.6. The highest BCUT2D eigenvalue weighted by atomic mass is 16.6. The Morgan fingerprint density at radius 3 is 2.56 bits per heavy atom. The third-order valence-electron chi connectivity index (χ3n) is 6.39. The Bertz CT molecular complexity index is 1070. The maximum absolute atomic E-state index is 12.7. The molecule has 1 aromatic heterocycles. The number of nitrogens with zero attached hydrogens (tertiary/aromatic N) is 2. The highest BCUT2D eigenvalue weighted by Gasteiger charge is 2.28. The van der Waals surface area contributed by atoms with Gasteiger partial charge in [-0.25, -0.2) is 9.59 Å². The van der Waals surface area contributed by atoms with Crippen LogP contribution < -0.4 is 10.6 Å². The number of anilines is 2. The first-order valence-corrected chi connectivity index (χ1v) is 11.6. The van der Waals surface area contributed by atoms with Crippen LogP contribution in [0, 0.1) is 12.8 Å². The van der Waals surface area contributed by atoms with Gasteiger partial charge in [-0.15, -0.1) is 0 Å². The van der Waals surface area contributed by atoms with Gasteiger partial charge in [0.15, 0.2) is 0 Å². The number of rotatable bonds is 5. The zero-order valence-electron chi connectivity index (χ0n) is 19.3. The standard InChI is InChI=1S/C25H30N4O5/c1-16-10-21(14-26-13-16)28-24(32)27-20-5-4-19-15-29(9-8-18(19)12-20)25(33)34-22-6-2-17(3-7-22)11-23(30)31/h4-5,10,12-14,17,22H,2-3,6-9,11,15H2,1H3,(H,30,31)(H2,27,28,32)/t17-,22-. The number of hydrogen-bond acceptors (Lipinski definition) is 5. The monoisotopic (exact) mass is 466 g/mol. The maximum atomic E-state index is 12.7. The fraction of sp³-hybridized carbons (Fsp3) is 0.440. The number of carboxylic acid groups (broad SMARTS) is 1. The third-order valence-corrected chi connectivity index (χ3v) is 6.39. The third kappa shape index (κ3) is 6.24. The molecule has 0 saturated heterocycles. The van der Waals surface area contributed by atoms with Gasteiger partial charge < -0.3 is 25.4 Å². The molecular weight excluding hydrogens is 436 g/mol. The van der Waals surface area contributed by atoms with E-state index in [4.69, 9.17) is 9.84 Å². The Balaban J connectivity index is 1.27. The number of hydrogen-bond donors (Lipinski definition) is 3. The van der Waals surface area contributed by atoms with Crippen molar-refractivity contribution >= 4 is 29.5 Å². The lowest BCUT2D eigenvalue weighted by Gasteiger charge is -2.32. The molecule has 1 aromatic carbocycles. The van der Waals surface area contributed by atoms with E-state index in [2.05, 4.69) is 15.6 Å². The Morgan fingerprint density at radius 2 is 1.82 bits per heavy atom. The number of aromatic nitrogens is 1. The summed E-state index contributed by atoms with van der Waals surface area (Å²) in [7, 11) is 0. The van der Waals surface area contributed by atoms with Gasteiger partial charge in [-0.3, -0.25) is 9.78 Å². The first kappa shape index (κ1) is 23.5. The summed E-state index contributed by atoms with van der Waals surface area (Å²) in [6.07, 6.45) is 6.68. The molecule has 0 unspecified atom stereocenters. The molecule has 2 aliphatic rings. The average Bonchev–Trinajstić information content (AvgIpc) is 2.79. The maximum Gasteiger partial charge on any atom is 0.410 e. The zero-order valence-corrected chi connectivity index (χ0v) is 19.3. The van der Waals surface area contributed by atoms with Crippen LogP contribution in [0.1, 0.15) is 48.8 Å². The zero-order chi connectivity index (χ0) is 24.1. The van der Waals surface area contributed by atoms with E-state index in [1.807, 2.05) is 31.2 Å². The molecule has 180 valence electrons. The van der Waals surface area contributed by atoms with E-state index in [0.29, 0.717) is 43.7 Å². The molecule has 1 aliphatic heterocycles. The van der Waals surface area contributed by atoms with Crippen molar-refractivity contribution in [3.8, 4) is 0 Å². The molecule has 3 amide bonds. The minimum Gasteiger partial charge on any atom is -0.481 e.